The van der Waals surface area contributed by atoms with Crippen LogP contribution in [0, 0.1) is 0 Å². The molecule has 0 aliphatic heterocycles. The van der Waals surface area contributed by atoms with Crippen LogP contribution in [0.2, 0.25) is 0 Å². The minimum absolute atomic E-state index is 0.184. The van der Waals surface area contributed by atoms with E-state index in [1.807, 2.05) is 31.2 Å². The number of halogens is 2. The Morgan fingerprint density at radius 2 is 2.18 bits per heavy atom. The molecule has 0 aliphatic rings. The number of benzene rings is 1. The number of hydrogen-bond acceptors (Lipinski definition) is 2. The van der Waals surface area contributed by atoms with Gasteiger partial charge in [-0.1, -0.05) is 44.0 Å². The van der Waals surface area contributed by atoms with E-state index in [1.165, 1.54) is 7.11 Å². The lowest BCUT2D eigenvalue weighted by atomic mass is 9.79. The molecule has 0 saturated carbocycles. The van der Waals surface area contributed by atoms with Crippen molar-refractivity contribution >= 4 is 37.8 Å². The molecule has 1 unspecified atom stereocenters. The van der Waals surface area contributed by atoms with Crippen LogP contribution in [-0.2, 0) is 14.9 Å². The van der Waals surface area contributed by atoms with Gasteiger partial charge in [0.25, 0.3) is 0 Å². The number of ether oxygens (including phenoxy) is 1. The molecular formula is C13H16Br2O2. The topological polar surface area (TPSA) is 26.3 Å². The van der Waals surface area contributed by atoms with Crippen LogP contribution in [0.25, 0.3) is 0 Å². The van der Waals surface area contributed by atoms with Crippen molar-refractivity contribution in [3.8, 4) is 0 Å². The van der Waals surface area contributed by atoms with Crippen LogP contribution < -0.4 is 0 Å². The van der Waals surface area contributed by atoms with Crippen molar-refractivity contribution < 1.29 is 9.53 Å². The second kappa shape index (κ2) is 6.55. The Morgan fingerprint density at radius 3 is 2.71 bits per heavy atom. The first-order valence-electron chi connectivity index (χ1n) is 5.45. The first-order valence-corrected chi connectivity index (χ1v) is 7.36. The fourth-order valence-electron chi connectivity index (χ4n) is 1.84. The second-order valence-corrected chi connectivity index (χ2v) is 5.84. The van der Waals surface area contributed by atoms with E-state index in [-0.39, 0.29) is 5.97 Å². The third-order valence-corrected chi connectivity index (χ3v) is 3.96. The Morgan fingerprint density at radius 1 is 1.47 bits per heavy atom. The van der Waals surface area contributed by atoms with Gasteiger partial charge >= 0.3 is 5.97 Å². The predicted octanol–water partition coefficient (Wildman–Crippen LogP) is 4.05. The highest BCUT2D eigenvalue weighted by Gasteiger charge is 2.35. The molecule has 1 atom stereocenters. The number of carbonyl (C=O) groups excluding carboxylic acids is 1. The molecule has 0 fully saturated rings. The summed E-state index contributed by atoms with van der Waals surface area (Å²) in [6.45, 7) is 1.93. The Balaban J connectivity index is 3.09. The molecule has 1 rings (SSSR count). The van der Waals surface area contributed by atoms with Crippen LogP contribution in [0.5, 0.6) is 0 Å². The van der Waals surface area contributed by atoms with Gasteiger partial charge in [-0.3, -0.25) is 4.79 Å². The normalized spacial score (nSPS) is 14.1. The molecule has 0 aromatic heterocycles. The standard InChI is InChI=1S/C13H16Br2O2/c1-13(7-4-8-14,12(16)17-2)10-5-3-6-11(15)9-10/h3,5-6,9H,4,7-8H2,1-2H3. The average molecular weight is 364 g/mol. The molecular weight excluding hydrogens is 348 g/mol. The van der Waals surface area contributed by atoms with Gasteiger partial charge in [-0.25, -0.2) is 0 Å². The maximum absolute atomic E-state index is 12.0. The van der Waals surface area contributed by atoms with Crippen molar-refractivity contribution in [2.45, 2.75) is 25.2 Å². The Kier molecular flexibility index (Phi) is 5.67. The number of hydrogen-bond donors (Lipinski definition) is 0. The molecule has 17 heavy (non-hydrogen) atoms. The largest absolute Gasteiger partial charge is 0.468 e. The van der Waals surface area contributed by atoms with Crippen molar-refractivity contribution in [3.05, 3.63) is 34.3 Å². The van der Waals surface area contributed by atoms with E-state index in [0.717, 1.165) is 28.2 Å². The van der Waals surface area contributed by atoms with Crippen molar-refractivity contribution in [1.29, 1.82) is 0 Å². The fourth-order valence-corrected chi connectivity index (χ4v) is 2.52. The van der Waals surface area contributed by atoms with Crippen LogP contribution in [0.3, 0.4) is 0 Å². The van der Waals surface area contributed by atoms with E-state index < -0.39 is 5.41 Å². The minimum Gasteiger partial charge on any atom is -0.468 e. The zero-order chi connectivity index (χ0) is 12.9. The summed E-state index contributed by atoms with van der Waals surface area (Å²) in [7, 11) is 1.44. The van der Waals surface area contributed by atoms with Gasteiger partial charge in [-0.15, -0.1) is 0 Å². The maximum atomic E-state index is 12.0. The first kappa shape index (κ1) is 14.7. The maximum Gasteiger partial charge on any atom is 0.315 e. The molecule has 0 bridgehead atoms. The highest BCUT2D eigenvalue weighted by molar-refractivity contribution is 9.10. The van der Waals surface area contributed by atoms with E-state index in [2.05, 4.69) is 31.9 Å². The SMILES string of the molecule is COC(=O)C(C)(CCCBr)c1cccc(Br)c1. The molecule has 1 aromatic rings. The van der Waals surface area contributed by atoms with E-state index in [0.29, 0.717) is 0 Å². The summed E-state index contributed by atoms with van der Waals surface area (Å²) in [6.07, 6.45) is 1.69. The highest BCUT2D eigenvalue weighted by atomic mass is 79.9. The zero-order valence-electron chi connectivity index (χ0n) is 10.0. The lowest BCUT2D eigenvalue weighted by molar-refractivity contribution is -0.147. The Hall–Kier alpha value is -0.350. The third kappa shape index (κ3) is 3.55. The van der Waals surface area contributed by atoms with Crippen molar-refractivity contribution in [3.63, 3.8) is 0 Å². The molecule has 0 amide bonds. The van der Waals surface area contributed by atoms with Crippen molar-refractivity contribution in [1.82, 2.24) is 0 Å². The molecule has 0 aliphatic carbocycles. The van der Waals surface area contributed by atoms with Crippen LogP contribution in [0.1, 0.15) is 25.3 Å². The van der Waals surface area contributed by atoms with E-state index >= 15 is 0 Å². The molecule has 0 heterocycles. The highest BCUT2D eigenvalue weighted by Crippen LogP contribution is 2.32. The van der Waals surface area contributed by atoms with Crippen LogP contribution in [-0.4, -0.2) is 18.4 Å². The van der Waals surface area contributed by atoms with Crippen LogP contribution in [0.15, 0.2) is 28.7 Å². The van der Waals surface area contributed by atoms with E-state index in [1.54, 1.807) is 0 Å². The molecule has 4 heteroatoms. The molecule has 0 radical (unpaired) electrons. The summed E-state index contributed by atoms with van der Waals surface area (Å²) in [5.74, 6) is -0.184. The molecule has 0 saturated heterocycles. The van der Waals surface area contributed by atoms with E-state index in [4.69, 9.17) is 4.74 Å². The number of methoxy groups -OCH3 is 1. The smallest absolute Gasteiger partial charge is 0.315 e. The lowest BCUT2D eigenvalue weighted by Crippen LogP contribution is -2.34. The van der Waals surface area contributed by atoms with Gasteiger partial charge in [-0.2, -0.15) is 0 Å². The van der Waals surface area contributed by atoms with Crippen LogP contribution >= 0.6 is 31.9 Å². The van der Waals surface area contributed by atoms with Crippen molar-refractivity contribution in [2.24, 2.45) is 0 Å². The molecule has 0 spiro atoms. The predicted molar refractivity (Wildman–Crippen MR) is 76.5 cm³/mol. The Labute approximate surface area is 119 Å². The second-order valence-electron chi connectivity index (χ2n) is 4.13. The summed E-state index contributed by atoms with van der Waals surface area (Å²) in [5.41, 5.74) is 0.409. The van der Waals surface area contributed by atoms with E-state index in [9.17, 15) is 4.79 Å². The Bertz CT molecular complexity index is 393. The van der Waals surface area contributed by atoms with Gasteiger partial charge in [0, 0.05) is 9.80 Å². The number of alkyl halides is 1. The van der Waals surface area contributed by atoms with Crippen LogP contribution in [0.4, 0.5) is 0 Å². The third-order valence-electron chi connectivity index (χ3n) is 2.91. The zero-order valence-corrected chi connectivity index (χ0v) is 13.2. The summed E-state index contributed by atoms with van der Waals surface area (Å²) in [4.78, 5) is 12.0. The summed E-state index contributed by atoms with van der Waals surface area (Å²) >= 11 is 6.83. The minimum atomic E-state index is -0.577. The number of carbonyl (C=O) groups is 1. The number of rotatable bonds is 5. The van der Waals surface area contributed by atoms with Gasteiger partial charge in [0.1, 0.15) is 0 Å². The summed E-state index contributed by atoms with van der Waals surface area (Å²) < 4.78 is 5.91. The van der Waals surface area contributed by atoms with Crippen molar-refractivity contribution in [2.75, 3.05) is 12.4 Å². The average Bonchev–Trinajstić information content (AvgIpc) is 2.34. The molecule has 94 valence electrons. The first-order chi connectivity index (χ1) is 8.04. The van der Waals surface area contributed by atoms with Gasteiger partial charge in [-0.05, 0) is 37.5 Å². The summed E-state index contributed by atoms with van der Waals surface area (Å²) in [6, 6.07) is 7.83. The molecule has 0 N–H and O–H groups in total. The molecule has 2 nitrogen and oxygen atoms in total. The lowest BCUT2D eigenvalue weighted by Gasteiger charge is -2.27. The van der Waals surface area contributed by atoms with Gasteiger partial charge in [0.05, 0.1) is 12.5 Å². The van der Waals surface area contributed by atoms with Gasteiger partial charge in [0.15, 0.2) is 0 Å². The quantitative estimate of drug-likeness (QED) is 0.582. The van der Waals surface area contributed by atoms with Gasteiger partial charge < -0.3 is 4.74 Å². The fraction of sp³-hybridized carbons (Fsp3) is 0.462. The number of esters is 1. The monoisotopic (exact) mass is 362 g/mol. The van der Waals surface area contributed by atoms with Gasteiger partial charge in [0.2, 0.25) is 0 Å². The molecule has 1 aromatic carbocycles. The summed E-state index contributed by atoms with van der Waals surface area (Å²) in [5, 5.41) is 0.883.